The molecule has 1 aromatic rings. The van der Waals surface area contributed by atoms with Crippen LogP contribution in [0.15, 0.2) is 30.3 Å². The van der Waals surface area contributed by atoms with Crippen LogP contribution >= 0.6 is 0 Å². The summed E-state index contributed by atoms with van der Waals surface area (Å²) in [4.78, 5) is 22.6. The van der Waals surface area contributed by atoms with Gasteiger partial charge in [-0.05, 0) is 36.1 Å². The van der Waals surface area contributed by atoms with Crippen molar-refractivity contribution in [3.63, 3.8) is 0 Å². The van der Waals surface area contributed by atoms with Crippen LogP contribution in [0.5, 0.6) is 5.75 Å². The van der Waals surface area contributed by atoms with Crippen molar-refractivity contribution in [2.45, 2.75) is 26.7 Å². The second-order valence-electron chi connectivity index (χ2n) is 4.82. The Hall–Kier alpha value is -2.30. The van der Waals surface area contributed by atoms with Gasteiger partial charge in [0.25, 0.3) is 0 Å². The topological polar surface area (TPSA) is 61.8 Å². The van der Waals surface area contributed by atoms with E-state index in [4.69, 9.17) is 4.74 Å². The van der Waals surface area contributed by atoms with Crippen LogP contribution in [-0.2, 0) is 14.3 Å². The van der Waals surface area contributed by atoms with Crippen molar-refractivity contribution < 1.29 is 23.8 Å². The summed E-state index contributed by atoms with van der Waals surface area (Å²) in [5, 5.41) is 0. The SMILES string of the molecule is CCC(=CCC(C)C(=O)OC(=O)OC)c1ccc(OC)cc1. The Balaban J connectivity index is 2.71. The summed E-state index contributed by atoms with van der Waals surface area (Å²) in [5.41, 5.74) is 2.21. The first-order valence-corrected chi connectivity index (χ1v) is 7.14. The average molecular weight is 306 g/mol. The quantitative estimate of drug-likeness (QED) is 0.590. The summed E-state index contributed by atoms with van der Waals surface area (Å²) < 4.78 is 14.0. The molecular weight excluding hydrogens is 284 g/mol. The van der Waals surface area contributed by atoms with Gasteiger partial charge >= 0.3 is 12.1 Å². The Morgan fingerprint density at radius 3 is 2.32 bits per heavy atom. The van der Waals surface area contributed by atoms with Crippen LogP contribution in [0.2, 0.25) is 0 Å². The molecule has 0 fully saturated rings. The van der Waals surface area contributed by atoms with Crippen molar-refractivity contribution in [3.8, 4) is 5.75 Å². The normalized spacial score (nSPS) is 12.5. The van der Waals surface area contributed by atoms with Gasteiger partial charge in [-0.3, -0.25) is 4.79 Å². The number of carbonyl (C=O) groups is 2. The van der Waals surface area contributed by atoms with Gasteiger partial charge in [-0.15, -0.1) is 0 Å². The van der Waals surface area contributed by atoms with E-state index in [0.717, 1.165) is 23.3 Å². The summed E-state index contributed by atoms with van der Waals surface area (Å²) in [7, 11) is 2.79. The highest BCUT2D eigenvalue weighted by Gasteiger charge is 2.17. The van der Waals surface area contributed by atoms with Crippen molar-refractivity contribution in [1.82, 2.24) is 0 Å². The molecule has 1 atom stereocenters. The summed E-state index contributed by atoms with van der Waals surface area (Å²) in [6.45, 7) is 3.76. The van der Waals surface area contributed by atoms with Crippen LogP contribution in [0.3, 0.4) is 0 Å². The van der Waals surface area contributed by atoms with Crippen LogP contribution < -0.4 is 4.74 Å². The van der Waals surface area contributed by atoms with Crippen molar-refractivity contribution >= 4 is 17.7 Å². The number of benzene rings is 1. The summed E-state index contributed by atoms with van der Waals surface area (Å²) in [6.07, 6.45) is 2.34. The molecule has 0 aromatic heterocycles. The molecule has 0 bridgehead atoms. The third kappa shape index (κ3) is 5.24. The molecule has 22 heavy (non-hydrogen) atoms. The summed E-state index contributed by atoms with van der Waals surface area (Å²) in [6, 6.07) is 7.75. The molecule has 0 heterocycles. The number of allylic oxidation sites excluding steroid dienone is 2. The molecule has 0 spiro atoms. The molecule has 0 radical (unpaired) electrons. The molecule has 5 nitrogen and oxygen atoms in total. The van der Waals surface area contributed by atoms with E-state index in [0.29, 0.717) is 6.42 Å². The van der Waals surface area contributed by atoms with Gasteiger partial charge in [0, 0.05) is 0 Å². The number of carbonyl (C=O) groups excluding carboxylic acids is 2. The van der Waals surface area contributed by atoms with Crippen LogP contribution in [0, 0.1) is 5.92 Å². The standard InChI is InChI=1S/C17H22O5/c1-5-13(14-8-10-15(20-3)11-9-14)7-6-12(2)16(18)22-17(19)21-4/h7-12H,5-6H2,1-4H3. The molecule has 120 valence electrons. The van der Waals surface area contributed by atoms with E-state index in [1.807, 2.05) is 37.3 Å². The van der Waals surface area contributed by atoms with Crippen molar-refractivity contribution in [1.29, 1.82) is 0 Å². The van der Waals surface area contributed by atoms with Crippen LogP contribution in [-0.4, -0.2) is 26.3 Å². The van der Waals surface area contributed by atoms with Gasteiger partial charge in [-0.1, -0.05) is 32.1 Å². The van der Waals surface area contributed by atoms with Gasteiger partial charge in [0.05, 0.1) is 20.1 Å². The van der Waals surface area contributed by atoms with Crippen LogP contribution in [0.1, 0.15) is 32.3 Å². The fraction of sp³-hybridized carbons (Fsp3) is 0.412. The Bertz CT molecular complexity index is 530. The lowest BCUT2D eigenvalue weighted by Crippen LogP contribution is -2.18. The highest BCUT2D eigenvalue weighted by Crippen LogP contribution is 2.23. The lowest BCUT2D eigenvalue weighted by Gasteiger charge is -2.10. The van der Waals surface area contributed by atoms with Gasteiger partial charge in [-0.2, -0.15) is 0 Å². The maximum Gasteiger partial charge on any atom is 0.515 e. The summed E-state index contributed by atoms with van der Waals surface area (Å²) in [5.74, 6) is -0.207. The predicted octanol–water partition coefficient (Wildman–Crippen LogP) is 3.82. The monoisotopic (exact) mass is 306 g/mol. The molecule has 0 aliphatic carbocycles. The number of hydrogen-bond donors (Lipinski definition) is 0. The van der Waals surface area contributed by atoms with Gasteiger partial charge in [0.1, 0.15) is 5.75 Å². The molecule has 1 aromatic carbocycles. The van der Waals surface area contributed by atoms with Crippen molar-refractivity contribution in [3.05, 3.63) is 35.9 Å². The Labute approximate surface area is 130 Å². The second-order valence-corrected chi connectivity index (χ2v) is 4.82. The smallest absolute Gasteiger partial charge is 0.497 e. The predicted molar refractivity (Wildman–Crippen MR) is 83.5 cm³/mol. The number of hydrogen-bond acceptors (Lipinski definition) is 5. The lowest BCUT2D eigenvalue weighted by atomic mass is 9.99. The van der Waals surface area contributed by atoms with Crippen LogP contribution in [0.4, 0.5) is 4.79 Å². The third-order valence-corrected chi connectivity index (χ3v) is 3.31. The summed E-state index contributed by atoms with van der Waals surface area (Å²) >= 11 is 0. The average Bonchev–Trinajstić information content (AvgIpc) is 2.55. The maximum atomic E-state index is 11.7. The first kappa shape index (κ1) is 17.8. The van der Waals surface area contributed by atoms with E-state index in [9.17, 15) is 9.59 Å². The maximum absolute atomic E-state index is 11.7. The molecule has 0 amide bonds. The van der Waals surface area contributed by atoms with E-state index in [2.05, 4.69) is 9.47 Å². The zero-order valence-electron chi connectivity index (χ0n) is 13.4. The Morgan fingerprint density at radius 1 is 1.18 bits per heavy atom. The van der Waals surface area contributed by atoms with E-state index < -0.39 is 18.0 Å². The molecule has 1 rings (SSSR count). The van der Waals surface area contributed by atoms with Crippen molar-refractivity contribution in [2.75, 3.05) is 14.2 Å². The molecule has 0 saturated carbocycles. The number of rotatable bonds is 6. The van der Waals surface area contributed by atoms with Gasteiger partial charge in [0.2, 0.25) is 0 Å². The highest BCUT2D eigenvalue weighted by atomic mass is 16.7. The molecular formula is C17H22O5. The van der Waals surface area contributed by atoms with E-state index in [1.165, 1.54) is 7.11 Å². The fourth-order valence-electron chi connectivity index (χ4n) is 1.91. The van der Waals surface area contributed by atoms with Gasteiger partial charge in [0.15, 0.2) is 0 Å². The number of methoxy groups -OCH3 is 2. The van der Waals surface area contributed by atoms with Gasteiger partial charge < -0.3 is 14.2 Å². The highest BCUT2D eigenvalue weighted by molar-refractivity contribution is 5.83. The van der Waals surface area contributed by atoms with E-state index in [1.54, 1.807) is 14.0 Å². The Kier molecular flexibility index (Phi) is 7.16. The minimum Gasteiger partial charge on any atom is -0.497 e. The third-order valence-electron chi connectivity index (χ3n) is 3.31. The molecule has 5 heteroatoms. The van der Waals surface area contributed by atoms with Crippen LogP contribution in [0.25, 0.3) is 5.57 Å². The number of ether oxygens (including phenoxy) is 3. The minimum absolute atomic E-state index is 0.418. The molecule has 1 unspecified atom stereocenters. The van der Waals surface area contributed by atoms with Crippen molar-refractivity contribution in [2.24, 2.45) is 5.92 Å². The minimum atomic E-state index is -0.980. The first-order valence-electron chi connectivity index (χ1n) is 7.14. The molecule has 0 aliphatic heterocycles. The van der Waals surface area contributed by atoms with E-state index in [-0.39, 0.29) is 0 Å². The Morgan fingerprint density at radius 2 is 1.82 bits per heavy atom. The first-order chi connectivity index (χ1) is 10.5. The van der Waals surface area contributed by atoms with E-state index >= 15 is 0 Å². The zero-order chi connectivity index (χ0) is 16.5. The largest absolute Gasteiger partial charge is 0.515 e. The molecule has 0 N–H and O–H groups in total. The number of esters is 1. The van der Waals surface area contributed by atoms with Gasteiger partial charge in [-0.25, -0.2) is 4.79 Å². The zero-order valence-corrected chi connectivity index (χ0v) is 13.4. The fourth-order valence-corrected chi connectivity index (χ4v) is 1.91. The molecule has 0 saturated heterocycles. The molecule has 0 aliphatic rings. The lowest BCUT2D eigenvalue weighted by molar-refractivity contribution is -0.143. The second kappa shape index (κ2) is 8.87.